The highest BCUT2D eigenvalue weighted by molar-refractivity contribution is 5.97. The maximum Gasteiger partial charge on any atom is 0.256 e. The monoisotopic (exact) mass is 278 g/mol. The lowest BCUT2D eigenvalue weighted by Crippen LogP contribution is -2.41. The predicted molar refractivity (Wildman–Crippen MR) is 82.8 cm³/mol. The number of nitrogens with one attached hydrogen (secondary N) is 2. The Kier molecular flexibility index (Phi) is 6.68. The van der Waals surface area contributed by atoms with E-state index in [1.165, 1.54) is 5.56 Å². The second kappa shape index (κ2) is 8.02. The molecule has 0 heterocycles. The topological polar surface area (TPSA) is 50.4 Å². The summed E-state index contributed by atoms with van der Waals surface area (Å²) in [5.74, 6) is -0.112. The molecule has 0 aromatic heterocycles. The number of ether oxygens (including phenoxy) is 1. The minimum Gasteiger partial charge on any atom is -0.369 e. The van der Waals surface area contributed by atoms with Crippen molar-refractivity contribution in [2.75, 3.05) is 19.0 Å². The SMILES string of the molecule is CCCNCc1ccc(NC(=O)C(C)(CC)OC)cc1. The number of benzene rings is 1. The van der Waals surface area contributed by atoms with Crippen molar-refractivity contribution in [1.82, 2.24) is 5.32 Å². The van der Waals surface area contributed by atoms with Crippen molar-refractivity contribution >= 4 is 11.6 Å². The summed E-state index contributed by atoms with van der Waals surface area (Å²) < 4.78 is 5.29. The zero-order chi connectivity index (χ0) is 15.0. The third-order valence-electron chi connectivity index (χ3n) is 3.57. The maximum atomic E-state index is 12.1. The highest BCUT2D eigenvalue weighted by atomic mass is 16.5. The second-order valence-electron chi connectivity index (χ2n) is 5.12. The molecule has 4 heteroatoms. The third kappa shape index (κ3) is 4.62. The number of rotatable bonds is 8. The summed E-state index contributed by atoms with van der Waals surface area (Å²) in [5, 5.41) is 6.24. The molecule has 1 rings (SSSR count). The number of amides is 1. The molecule has 0 aliphatic rings. The van der Waals surface area contributed by atoms with Crippen molar-refractivity contribution in [2.24, 2.45) is 0 Å². The van der Waals surface area contributed by atoms with Crippen molar-refractivity contribution in [3.8, 4) is 0 Å². The molecule has 112 valence electrons. The molecule has 20 heavy (non-hydrogen) atoms. The Balaban J connectivity index is 2.59. The fraction of sp³-hybridized carbons (Fsp3) is 0.562. The number of carbonyl (C=O) groups is 1. The lowest BCUT2D eigenvalue weighted by atomic mass is 10.0. The van der Waals surface area contributed by atoms with Gasteiger partial charge in [-0.15, -0.1) is 0 Å². The van der Waals surface area contributed by atoms with Crippen LogP contribution in [0.3, 0.4) is 0 Å². The van der Waals surface area contributed by atoms with E-state index in [1.807, 2.05) is 31.2 Å². The largest absolute Gasteiger partial charge is 0.369 e. The molecular weight excluding hydrogens is 252 g/mol. The Morgan fingerprint density at radius 3 is 2.40 bits per heavy atom. The summed E-state index contributed by atoms with van der Waals surface area (Å²) in [5.41, 5.74) is 1.23. The first-order valence-corrected chi connectivity index (χ1v) is 7.22. The van der Waals surface area contributed by atoms with Gasteiger partial charge < -0.3 is 15.4 Å². The van der Waals surface area contributed by atoms with E-state index in [2.05, 4.69) is 17.6 Å². The zero-order valence-corrected chi connectivity index (χ0v) is 13.0. The molecule has 1 aromatic carbocycles. The van der Waals surface area contributed by atoms with Gasteiger partial charge in [0.2, 0.25) is 0 Å². The van der Waals surface area contributed by atoms with Gasteiger partial charge in [0.05, 0.1) is 0 Å². The molecule has 1 aromatic rings. The van der Waals surface area contributed by atoms with Gasteiger partial charge in [0.1, 0.15) is 5.60 Å². The van der Waals surface area contributed by atoms with Crippen LogP contribution in [0.4, 0.5) is 5.69 Å². The molecule has 0 saturated heterocycles. The van der Waals surface area contributed by atoms with Gasteiger partial charge in [0.25, 0.3) is 5.91 Å². The summed E-state index contributed by atoms with van der Waals surface area (Å²) in [6.45, 7) is 7.75. The van der Waals surface area contributed by atoms with Gasteiger partial charge in [-0.05, 0) is 44.0 Å². The molecule has 4 nitrogen and oxygen atoms in total. The average molecular weight is 278 g/mol. The van der Waals surface area contributed by atoms with Gasteiger partial charge in [-0.1, -0.05) is 26.0 Å². The third-order valence-corrected chi connectivity index (χ3v) is 3.57. The molecule has 1 amide bonds. The fourth-order valence-corrected chi connectivity index (χ4v) is 1.78. The quantitative estimate of drug-likeness (QED) is 0.719. The van der Waals surface area contributed by atoms with Gasteiger partial charge in [-0.3, -0.25) is 4.79 Å². The minimum absolute atomic E-state index is 0.112. The Morgan fingerprint density at radius 2 is 1.90 bits per heavy atom. The van der Waals surface area contributed by atoms with Crippen LogP contribution in [-0.4, -0.2) is 25.2 Å². The highest BCUT2D eigenvalue weighted by Gasteiger charge is 2.30. The smallest absolute Gasteiger partial charge is 0.256 e. The zero-order valence-electron chi connectivity index (χ0n) is 13.0. The van der Waals surface area contributed by atoms with Gasteiger partial charge >= 0.3 is 0 Å². The Hall–Kier alpha value is -1.39. The molecule has 1 atom stereocenters. The minimum atomic E-state index is -0.776. The van der Waals surface area contributed by atoms with Crippen LogP contribution in [0, 0.1) is 0 Å². The number of hydrogen-bond acceptors (Lipinski definition) is 3. The Labute approximate surface area is 121 Å². The number of hydrogen-bond donors (Lipinski definition) is 2. The summed E-state index contributed by atoms with van der Waals surface area (Å²) in [7, 11) is 1.56. The normalized spacial score (nSPS) is 13.8. The molecule has 0 bridgehead atoms. The van der Waals surface area contributed by atoms with Crippen LogP contribution in [0.5, 0.6) is 0 Å². The first kappa shape index (κ1) is 16.7. The first-order valence-electron chi connectivity index (χ1n) is 7.22. The van der Waals surface area contributed by atoms with Crippen LogP contribution in [0.1, 0.15) is 39.2 Å². The van der Waals surface area contributed by atoms with E-state index in [1.54, 1.807) is 14.0 Å². The number of carbonyl (C=O) groups excluding carboxylic acids is 1. The van der Waals surface area contributed by atoms with Crippen LogP contribution in [-0.2, 0) is 16.1 Å². The fourth-order valence-electron chi connectivity index (χ4n) is 1.78. The van der Waals surface area contributed by atoms with Crippen molar-refractivity contribution in [3.05, 3.63) is 29.8 Å². The summed E-state index contributed by atoms with van der Waals surface area (Å²) in [4.78, 5) is 12.1. The van der Waals surface area contributed by atoms with Crippen molar-refractivity contribution < 1.29 is 9.53 Å². The summed E-state index contributed by atoms with van der Waals surface area (Å²) >= 11 is 0. The molecule has 2 N–H and O–H groups in total. The number of anilines is 1. The molecule has 0 aliphatic heterocycles. The first-order chi connectivity index (χ1) is 9.55. The number of methoxy groups -OCH3 is 1. The molecule has 0 radical (unpaired) electrons. The lowest BCUT2D eigenvalue weighted by Gasteiger charge is -2.25. The standard InChI is InChI=1S/C16H26N2O2/c1-5-11-17-12-13-7-9-14(10-8-13)18-15(19)16(3,6-2)20-4/h7-10,17H,5-6,11-12H2,1-4H3,(H,18,19). The van der Waals surface area contributed by atoms with E-state index in [-0.39, 0.29) is 5.91 Å². The van der Waals surface area contributed by atoms with E-state index in [4.69, 9.17) is 4.74 Å². The Bertz CT molecular complexity index is 411. The van der Waals surface area contributed by atoms with Crippen LogP contribution < -0.4 is 10.6 Å². The molecule has 0 aliphatic carbocycles. The summed E-state index contributed by atoms with van der Waals surface area (Å²) in [6, 6.07) is 7.89. The van der Waals surface area contributed by atoms with E-state index in [9.17, 15) is 4.79 Å². The van der Waals surface area contributed by atoms with E-state index in [0.29, 0.717) is 6.42 Å². The van der Waals surface area contributed by atoms with Crippen molar-refractivity contribution in [2.45, 2.75) is 45.8 Å². The van der Waals surface area contributed by atoms with Crippen LogP contribution in [0.25, 0.3) is 0 Å². The van der Waals surface area contributed by atoms with Gasteiger partial charge in [-0.25, -0.2) is 0 Å². The van der Waals surface area contributed by atoms with Crippen LogP contribution >= 0.6 is 0 Å². The van der Waals surface area contributed by atoms with Crippen molar-refractivity contribution in [3.63, 3.8) is 0 Å². The maximum absolute atomic E-state index is 12.1. The molecule has 0 spiro atoms. The molecular formula is C16H26N2O2. The van der Waals surface area contributed by atoms with E-state index >= 15 is 0 Å². The average Bonchev–Trinajstić information content (AvgIpc) is 2.48. The van der Waals surface area contributed by atoms with E-state index in [0.717, 1.165) is 25.2 Å². The van der Waals surface area contributed by atoms with Gasteiger partial charge in [-0.2, -0.15) is 0 Å². The lowest BCUT2D eigenvalue weighted by molar-refractivity contribution is -0.136. The van der Waals surface area contributed by atoms with Crippen LogP contribution in [0.15, 0.2) is 24.3 Å². The molecule has 0 fully saturated rings. The highest BCUT2D eigenvalue weighted by Crippen LogP contribution is 2.18. The van der Waals surface area contributed by atoms with Gasteiger partial charge in [0, 0.05) is 19.3 Å². The molecule has 0 saturated carbocycles. The van der Waals surface area contributed by atoms with Crippen LogP contribution in [0.2, 0.25) is 0 Å². The summed E-state index contributed by atoms with van der Waals surface area (Å²) in [6.07, 6.45) is 1.76. The predicted octanol–water partition coefficient (Wildman–Crippen LogP) is 2.94. The Morgan fingerprint density at radius 1 is 1.25 bits per heavy atom. The van der Waals surface area contributed by atoms with Crippen molar-refractivity contribution in [1.29, 1.82) is 0 Å². The van der Waals surface area contributed by atoms with E-state index < -0.39 is 5.60 Å². The van der Waals surface area contributed by atoms with Gasteiger partial charge in [0.15, 0.2) is 0 Å². The molecule has 1 unspecified atom stereocenters. The second-order valence-corrected chi connectivity index (χ2v) is 5.12.